The highest BCUT2D eigenvalue weighted by atomic mass is 79.9. The van der Waals surface area contributed by atoms with Gasteiger partial charge >= 0.3 is 0 Å². The molecule has 0 unspecified atom stereocenters. The van der Waals surface area contributed by atoms with Crippen molar-refractivity contribution < 1.29 is 14.5 Å². The normalized spacial score (nSPS) is 15.9. The van der Waals surface area contributed by atoms with Gasteiger partial charge in [-0.1, -0.05) is 23.7 Å². The number of ether oxygens (including phenoxy) is 1. The van der Waals surface area contributed by atoms with E-state index in [0.29, 0.717) is 26.5 Å². The molecule has 10 heteroatoms. The summed E-state index contributed by atoms with van der Waals surface area (Å²) >= 11 is 10.8. The van der Waals surface area contributed by atoms with E-state index in [0.717, 1.165) is 15.6 Å². The molecule has 0 aliphatic carbocycles. The quantitative estimate of drug-likeness (QED) is 0.188. The van der Waals surface area contributed by atoms with Gasteiger partial charge in [-0.3, -0.25) is 19.8 Å². The second-order valence-electron chi connectivity index (χ2n) is 7.25. The van der Waals surface area contributed by atoms with E-state index in [2.05, 4.69) is 20.9 Å². The fourth-order valence-corrected chi connectivity index (χ4v) is 4.45. The molecule has 7 nitrogen and oxygen atoms in total. The number of amides is 1. The Morgan fingerprint density at radius 1 is 1.18 bits per heavy atom. The van der Waals surface area contributed by atoms with Crippen LogP contribution in [0.4, 0.5) is 11.4 Å². The first-order valence-corrected chi connectivity index (χ1v) is 12.0. The molecule has 1 aliphatic rings. The number of carbonyl (C=O) groups excluding carboxylic acids is 1. The number of non-ortho nitro benzene ring substituents is 1. The van der Waals surface area contributed by atoms with Gasteiger partial charge in [0.15, 0.2) is 5.17 Å². The molecule has 0 saturated carbocycles. The summed E-state index contributed by atoms with van der Waals surface area (Å²) in [6.07, 6.45) is 1.79. The van der Waals surface area contributed by atoms with E-state index in [1.165, 1.54) is 28.8 Å². The number of thioether (sulfide) groups is 1. The molecule has 4 rings (SSSR count). The van der Waals surface area contributed by atoms with E-state index in [4.69, 9.17) is 16.3 Å². The first kappa shape index (κ1) is 24.0. The summed E-state index contributed by atoms with van der Waals surface area (Å²) in [6, 6.07) is 18.9. The minimum atomic E-state index is -0.439. The van der Waals surface area contributed by atoms with Crippen molar-refractivity contribution >= 4 is 67.8 Å². The Morgan fingerprint density at radius 3 is 2.65 bits per heavy atom. The van der Waals surface area contributed by atoms with Crippen molar-refractivity contribution in [1.29, 1.82) is 0 Å². The second-order valence-corrected chi connectivity index (χ2v) is 9.52. The van der Waals surface area contributed by atoms with Gasteiger partial charge in [-0.05, 0) is 87.4 Å². The van der Waals surface area contributed by atoms with Crippen molar-refractivity contribution in [3.63, 3.8) is 0 Å². The molecule has 0 bridgehead atoms. The summed E-state index contributed by atoms with van der Waals surface area (Å²) in [7, 11) is 1.68. The maximum atomic E-state index is 12.7. The number of halogens is 2. The summed E-state index contributed by atoms with van der Waals surface area (Å²) in [5.41, 5.74) is 2.30. The molecular formula is C24H17BrClN3O4S. The van der Waals surface area contributed by atoms with Crippen LogP contribution in [0, 0.1) is 10.1 Å². The van der Waals surface area contributed by atoms with Crippen molar-refractivity contribution in [2.45, 2.75) is 6.61 Å². The molecule has 0 aromatic heterocycles. The molecule has 172 valence electrons. The number of rotatable bonds is 6. The molecule has 0 radical (unpaired) electrons. The van der Waals surface area contributed by atoms with Gasteiger partial charge in [0.05, 0.1) is 20.5 Å². The highest BCUT2D eigenvalue weighted by Gasteiger charge is 2.30. The number of likely N-dealkylation sites (N-methyl/N-ethyl adjacent to an activating group) is 1. The number of hydrogen-bond donors (Lipinski definition) is 0. The van der Waals surface area contributed by atoms with Crippen molar-refractivity contribution in [1.82, 2.24) is 4.90 Å². The molecule has 0 spiro atoms. The van der Waals surface area contributed by atoms with Crippen LogP contribution in [0.1, 0.15) is 11.1 Å². The lowest BCUT2D eigenvalue weighted by atomic mass is 10.2. The Morgan fingerprint density at radius 2 is 1.94 bits per heavy atom. The number of nitro groups is 1. The van der Waals surface area contributed by atoms with Gasteiger partial charge in [-0.2, -0.15) is 0 Å². The van der Waals surface area contributed by atoms with Crippen LogP contribution in [-0.4, -0.2) is 27.9 Å². The van der Waals surface area contributed by atoms with Gasteiger partial charge in [-0.15, -0.1) is 0 Å². The van der Waals surface area contributed by atoms with Crippen LogP contribution in [0.15, 0.2) is 81.1 Å². The van der Waals surface area contributed by atoms with E-state index >= 15 is 0 Å². The largest absolute Gasteiger partial charge is 0.489 e. The van der Waals surface area contributed by atoms with E-state index in [1.807, 2.05) is 36.4 Å². The fourth-order valence-electron chi connectivity index (χ4n) is 3.04. The van der Waals surface area contributed by atoms with Gasteiger partial charge < -0.3 is 4.74 Å². The van der Waals surface area contributed by atoms with Crippen molar-refractivity contribution in [2.75, 3.05) is 7.05 Å². The highest BCUT2D eigenvalue weighted by molar-refractivity contribution is 9.10. The number of nitrogens with zero attached hydrogens (tertiary/aromatic N) is 3. The topological polar surface area (TPSA) is 85.0 Å². The number of amidine groups is 1. The molecule has 1 fully saturated rings. The highest BCUT2D eigenvalue weighted by Crippen LogP contribution is 2.35. The predicted octanol–water partition coefficient (Wildman–Crippen LogP) is 6.82. The van der Waals surface area contributed by atoms with Crippen LogP contribution < -0.4 is 4.74 Å². The van der Waals surface area contributed by atoms with Crippen LogP contribution in [0.5, 0.6) is 5.75 Å². The third-order valence-corrected chi connectivity index (χ3v) is 7.13. The average Bonchev–Trinajstić information content (AvgIpc) is 3.08. The molecule has 1 heterocycles. The Labute approximate surface area is 213 Å². The molecule has 34 heavy (non-hydrogen) atoms. The van der Waals surface area contributed by atoms with E-state index in [1.54, 1.807) is 31.3 Å². The first-order chi connectivity index (χ1) is 16.3. The Hall–Kier alpha value is -3.14. The van der Waals surface area contributed by atoms with Gasteiger partial charge in [0.1, 0.15) is 12.4 Å². The fraction of sp³-hybridized carbons (Fsp3) is 0.0833. The standard InChI is InChI=1S/C24H17BrClN3O4S/c1-28-23(30)22(34-24(28)27-17-7-10-20(25)21(26)13-17)12-16-3-2-4-19(11-16)33-14-15-5-8-18(9-6-15)29(31)32/h2-13H,14H2,1H3/b22-12+,27-24?. The molecule has 3 aromatic carbocycles. The third-order valence-electron chi connectivity index (χ3n) is 4.84. The van der Waals surface area contributed by atoms with Crippen LogP contribution in [-0.2, 0) is 11.4 Å². The number of nitro benzene ring substituents is 1. The Balaban J connectivity index is 1.47. The monoisotopic (exact) mass is 557 g/mol. The lowest BCUT2D eigenvalue weighted by Gasteiger charge is -2.08. The molecular weight excluding hydrogens is 542 g/mol. The zero-order chi connectivity index (χ0) is 24.2. The zero-order valence-corrected chi connectivity index (χ0v) is 20.9. The smallest absolute Gasteiger partial charge is 0.269 e. The summed E-state index contributed by atoms with van der Waals surface area (Å²) in [5.74, 6) is 0.471. The summed E-state index contributed by atoms with van der Waals surface area (Å²) < 4.78 is 6.60. The van der Waals surface area contributed by atoms with Gasteiger partial charge in [0.25, 0.3) is 11.6 Å². The number of aliphatic imine (C=N–C) groups is 1. The zero-order valence-electron chi connectivity index (χ0n) is 17.8. The number of hydrogen-bond acceptors (Lipinski definition) is 6. The van der Waals surface area contributed by atoms with Crippen LogP contribution in [0.3, 0.4) is 0 Å². The minimum Gasteiger partial charge on any atom is -0.489 e. The van der Waals surface area contributed by atoms with Crippen LogP contribution >= 0.6 is 39.3 Å². The molecule has 1 saturated heterocycles. The third kappa shape index (κ3) is 5.67. The average molecular weight is 559 g/mol. The summed E-state index contributed by atoms with van der Waals surface area (Å²) in [4.78, 5) is 29.7. The van der Waals surface area contributed by atoms with Gasteiger partial charge in [0, 0.05) is 23.7 Å². The van der Waals surface area contributed by atoms with E-state index < -0.39 is 4.92 Å². The molecule has 0 N–H and O–H groups in total. The Kier molecular flexibility index (Phi) is 7.35. The van der Waals surface area contributed by atoms with Crippen molar-refractivity contribution in [2.24, 2.45) is 4.99 Å². The molecule has 1 amide bonds. The molecule has 1 aliphatic heterocycles. The van der Waals surface area contributed by atoms with Crippen molar-refractivity contribution in [3.05, 3.63) is 102 Å². The second kappa shape index (κ2) is 10.4. The molecule has 0 atom stereocenters. The van der Waals surface area contributed by atoms with Gasteiger partial charge in [0.2, 0.25) is 0 Å². The minimum absolute atomic E-state index is 0.0345. The molecule has 3 aromatic rings. The van der Waals surface area contributed by atoms with Crippen LogP contribution in [0.2, 0.25) is 5.02 Å². The maximum absolute atomic E-state index is 12.7. The Bertz CT molecular complexity index is 1330. The van der Waals surface area contributed by atoms with E-state index in [-0.39, 0.29) is 18.2 Å². The summed E-state index contributed by atoms with van der Waals surface area (Å²) in [6.45, 7) is 0.265. The predicted molar refractivity (Wildman–Crippen MR) is 138 cm³/mol. The first-order valence-electron chi connectivity index (χ1n) is 9.98. The van der Waals surface area contributed by atoms with Gasteiger partial charge in [-0.25, -0.2) is 4.99 Å². The maximum Gasteiger partial charge on any atom is 0.269 e. The van der Waals surface area contributed by atoms with Crippen molar-refractivity contribution in [3.8, 4) is 5.75 Å². The lowest BCUT2D eigenvalue weighted by molar-refractivity contribution is -0.384. The van der Waals surface area contributed by atoms with E-state index in [9.17, 15) is 14.9 Å². The SMILES string of the molecule is CN1C(=O)/C(=C\c2cccc(OCc3ccc([N+](=O)[O-])cc3)c2)SC1=Nc1ccc(Br)c(Cl)c1. The number of carbonyl (C=O) groups is 1. The van der Waals surface area contributed by atoms with Crippen LogP contribution in [0.25, 0.3) is 6.08 Å². The lowest BCUT2D eigenvalue weighted by Crippen LogP contribution is -2.23. The summed E-state index contributed by atoms with van der Waals surface area (Å²) in [5, 5.41) is 11.9. The number of benzene rings is 3.